The van der Waals surface area contributed by atoms with E-state index in [0.29, 0.717) is 0 Å². The van der Waals surface area contributed by atoms with Crippen LogP contribution in [0.4, 0.5) is 4.79 Å². The molecule has 1 rings (SSSR count). The lowest BCUT2D eigenvalue weighted by molar-refractivity contribution is 0.207. The minimum Gasteiger partial charge on any atom is -0.351 e. The fourth-order valence-corrected chi connectivity index (χ4v) is 1.89. The Bertz CT molecular complexity index is 198. The molecule has 0 aromatic carbocycles. The average molecular weight is 214 g/mol. The molecule has 0 saturated carbocycles. The molecule has 0 bridgehead atoms. The standard InChI is InChI=1S/C10H22N4O/c11-4-1-2-5-13-6-3-7-14(9-8-13)10(12)15/h1-9,11H2,(H2,12,15). The van der Waals surface area contributed by atoms with Crippen molar-refractivity contribution < 1.29 is 4.79 Å². The predicted molar refractivity (Wildman–Crippen MR) is 60.5 cm³/mol. The third-order valence-corrected chi connectivity index (χ3v) is 2.83. The lowest BCUT2D eigenvalue weighted by atomic mass is 10.3. The highest BCUT2D eigenvalue weighted by Crippen LogP contribution is 2.04. The summed E-state index contributed by atoms with van der Waals surface area (Å²) in [5.74, 6) is 0. The molecule has 1 fully saturated rings. The minimum atomic E-state index is -0.293. The molecule has 88 valence electrons. The van der Waals surface area contributed by atoms with Gasteiger partial charge in [-0.05, 0) is 38.9 Å². The number of unbranched alkanes of at least 4 members (excludes halogenated alkanes) is 1. The number of hydrogen-bond donors (Lipinski definition) is 2. The molecular weight excluding hydrogens is 192 g/mol. The zero-order valence-corrected chi connectivity index (χ0v) is 9.32. The molecule has 1 aliphatic rings. The highest BCUT2D eigenvalue weighted by Gasteiger charge is 2.16. The molecule has 0 aromatic heterocycles. The topological polar surface area (TPSA) is 75.6 Å². The number of amides is 2. The third-order valence-electron chi connectivity index (χ3n) is 2.83. The first-order valence-corrected chi connectivity index (χ1v) is 5.71. The van der Waals surface area contributed by atoms with Crippen LogP contribution >= 0.6 is 0 Å². The van der Waals surface area contributed by atoms with E-state index in [4.69, 9.17) is 11.5 Å². The van der Waals surface area contributed by atoms with Crippen LogP contribution in [0.15, 0.2) is 0 Å². The number of urea groups is 1. The largest absolute Gasteiger partial charge is 0.351 e. The molecule has 15 heavy (non-hydrogen) atoms. The molecule has 1 heterocycles. The van der Waals surface area contributed by atoms with Gasteiger partial charge >= 0.3 is 6.03 Å². The van der Waals surface area contributed by atoms with E-state index >= 15 is 0 Å². The van der Waals surface area contributed by atoms with Gasteiger partial charge in [0.15, 0.2) is 0 Å². The van der Waals surface area contributed by atoms with Crippen LogP contribution < -0.4 is 11.5 Å². The number of carbonyl (C=O) groups is 1. The van der Waals surface area contributed by atoms with Crippen molar-refractivity contribution in [2.24, 2.45) is 11.5 Å². The molecule has 0 radical (unpaired) electrons. The molecule has 0 spiro atoms. The quantitative estimate of drug-likeness (QED) is 0.637. The number of primary amides is 1. The van der Waals surface area contributed by atoms with Gasteiger partial charge in [-0.25, -0.2) is 4.79 Å². The highest BCUT2D eigenvalue weighted by atomic mass is 16.2. The molecule has 0 unspecified atom stereocenters. The van der Waals surface area contributed by atoms with E-state index in [-0.39, 0.29) is 6.03 Å². The van der Waals surface area contributed by atoms with E-state index < -0.39 is 0 Å². The van der Waals surface area contributed by atoms with Gasteiger partial charge in [-0.2, -0.15) is 0 Å². The van der Waals surface area contributed by atoms with Gasteiger partial charge in [-0.1, -0.05) is 0 Å². The maximum atomic E-state index is 11.0. The Morgan fingerprint density at radius 2 is 1.93 bits per heavy atom. The summed E-state index contributed by atoms with van der Waals surface area (Å²) < 4.78 is 0. The van der Waals surface area contributed by atoms with Crippen molar-refractivity contribution in [2.45, 2.75) is 19.3 Å². The van der Waals surface area contributed by atoms with Crippen LogP contribution in [0.5, 0.6) is 0 Å². The molecule has 4 N–H and O–H groups in total. The Labute approximate surface area is 91.4 Å². The fraction of sp³-hybridized carbons (Fsp3) is 0.900. The van der Waals surface area contributed by atoms with Crippen molar-refractivity contribution in [1.82, 2.24) is 9.80 Å². The number of nitrogens with two attached hydrogens (primary N) is 2. The van der Waals surface area contributed by atoms with Crippen molar-refractivity contribution in [3.63, 3.8) is 0 Å². The monoisotopic (exact) mass is 214 g/mol. The molecule has 0 aromatic rings. The zero-order chi connectivity index (χ0) is 11.1. The summed E-state index contributed by atoms with van der Waals surface area (Å²) in [6, 6.07) is -0.293. The predicted octanol–water partition coefficient (Wildman–Crippen LogP) is -0.188. The Morgan fingerprint density at radius 3 is 2.60 bits per heavy atom. The number of hydrogen-bond acceptors (Lipinski definition) is 3. The number of carbonyl (C=O) groups excluding carboxylic acids is 1. The second-order valence-corrected chi connectivity index (χ2v) is 4.02. The second-order valence-electron chi connectivity index (χ2n) is 4.02. The maximum Gasteiger partial charge on any atom is 0.314 e. The molecule has 2 amide bonds. The Balaban J connectivity index is 2.23. The normalized spacial score (nSPS) is 18.9. The van der Waals surface area contributed by atoms with Crippen molar-refractivity contribution >= 4 is 6.03 Å². The highest BCUT2D eigenvalue weighted by molar-refractivity contribution is 5.71. The van der Waals surface area contributed by atoms with E-state index in [2.05, 4.69) is 4.90 Å². The zero-order valence-electron chi connectivity index (χ0n) is 9.32. The lowest BCUT2D eigenvalue weighted by Gasteiger charge is -2.20. The van der Waals surface area contributed by atoms with Crippen molar-refractivity contribution in [3.8, 4) is 0 Å². The van der Waals surface area contributed by atoms with Gasteiger partial charge in [0, 0.05) is 19.6 Å². The fourth-order valence-electron chi connectivity index (χ4n) is 1.89. The maximum absolute atomic E-state index is 11.0. The van der Waals surface area contributed by atoms with E-state index in [0.717, 1.165) is 58.5 Å². The van der Waals surface area contributed by atoms with Gasteiger partial charge < -0.3 is 21.3 Å². The average Bonchev–Trinajstić information content (AvgIpc) is 2.44. The summed E-state index contributed by atoms with van der Waals surface area (Å²) >= 11 is 0. The summed E-state index contributed by atoms with van der Waals surface area (Å²) in [7, 11) is 0. The van der Waals surface area contributed by atoms with Crippen LogP contribution in [0.2, 0.25) is 0 Å². The van der Waals surface area contributed by atoms with Crippen LogP contribution in [0.25, 0.3) is 0 Å². The van der Waals surface area contributed by atoms with Gasteiger partial charge in [0.1, 0.15) is 0 Å². The Hall–Kier alpha value is -0.810. The summed E-state index contributed by atoms with van der Waals surface area (Å²) in [5, 5.41) is 0. The molecule has 1 aliphatic heterocycles. The van der Waals surface area contributed by atoms with Gasteiger partial charge in [-0.3, -0.25) is 0 Å². The van der Waals surface area contributed by atoms with Gasteiger partial charge in [0.05, 0.1) is 0 Å². The molecule has 0 aliphatic carbocycles. The molecule has 1 saturated heterocycles. The van der Waals surface area contributed by atoms with Crippen LogP contribution in [0.1, 0.15) is 19.3 Å². The Morgan fingerprint density at radius 1 is 1.13 bits per heavy atom. The molecule has 5 nitrogen and oxygen atoms in total. The van der Waals surface area contributed by atoms with Crippen molar-refractivity contribution in [2.75, 3.05) is 39.3 Å². The van der Waals surface area contributed by atoms with Crippen molar-refractivity contribution in [1.29, 1.82) is 0 Å². The smallest absolute Gasteiger partial charge is 0.314 e. The Kier molecular flexibility index (Phi) is 5.42. The van der Waals surface area contributed by atoms with Crippen LogP contribution in [-0.2, 0) is 0 Å². The molecular formula is C10H22N4O. The molecule has 0 atom stereocenters. The minimum absolute atomic E-state index is 0.293. The van der Waals surface area contributed by atoms with Gasteiger partial charge in [-0.15, -0.1) is 0 Å². The second kappa shape index (κ2) is 6.63. The van der Waals surface area contributed by atoms with Crippen LogP contribution in [0, 0.1) is 0 Å². The van der Waals surface area contributed by atoms with Crippen LogP contribution in [0.3, 0.4) is 0 Å². The summed E-state index contributed by atoms with van der Waals surface area (Å²) in [4.78, 5) is 15.1. The van der Waals surface area contributed by atoms with Crippen LogP contribution in [-0.4, -0.2) is 55.1 Å². The third kappa shape index (κ3) is 4.48. The van der Waals surface area contributed by atoms with Gasteiger partial charge in [0.2, 0.25) is 0 Å². The molecule has 5 heteroatoms. The van der Waals surface area contributed by atoms with E-state index in [1.54, 1.807) is 4.90 Å². The first-order chi connectivity index (χ1) is 7.24. The SMILES string of the molecule is NCCCCN1CCCN(C(N)=O)CC1. The summed E-state index contributed by atoms with van der Waals surface area (Å²) in [5.41, 5.74) is 10.7. The van der Waals surface area contributed by atoms with E-state index in [1.807, 2.05) is 0 Å². The number of rotatable bonds is 4. The van der Waals surface area contributed by atoms with E-state index in [9.17, 15) is 4.79 Å². The van der Waals surface area contributed by atoms with Crippen molar-refractivity contribution in [3.05, 3.63) is 0 Å². The first-order valence-electron chi connectivity index (χ1n) is 5.71. The first kappa shape index (κ1) is 12.3. The van der Waals surface area contributed by atoms with E-state index in [1.165, 1.54) is 0 Å². The lowest BCUT2D eigenvalue weighted by Crippen LogP contribution is -2.38. The summed E-state index contributed by atoms with van der Waals surface area (Å²) in [6.45, 7) is 5.41. The van der Waals surface area contributed by atoms with Gasteiger partial charge in [0.25, 0.3) is 0 Å². The number of nitrogens with zero attached hydrogens (tertiary/aromatic N) is 2. The summed E-state index contributed by atoms with van der Waals surface area (Å²) in [6.07, 6.45) is 3.24.